The fourth-order valence-corrected chi connectivity index (χ4v) is 3.11. The molecule has 1 aliphatic rings. The number of pyridine rings is 3. The van der Waals surface area contributed by atoms with Gasteiger partial charge in [-0.25, -0.2) is 4.98 Å². The van der Waals surface area contributed by atoms with Gasteiger partial charge in [0.2, 0.25) is 0 Å². The highest BCUT2D eigenvalue weighted by Gasteiger charge is 2.26. The van der Waals surface area contributed by atoms with Crippen molar-refractivity contribution in [1.82, 2.24) is 15.0 Å². The SMILES string of the molecule is O=C(c1nccc2cccnc12)N(C[C@H]1CCCO1)c1ccncc1. The molecule has 4 rings (SSSR count). The van der Waals surface area contributed by atoms with Gasteiger partial charge in [0.05, 0.1) is 12.6 Å². The number of nitrogens with zero attached hydrogens (tertiary/aromatic N) is 4. The van der Waals surface area contributed by atoms with Crippen molar-refractivity contribution in [3.63, 3.8) is 0 Å². The van der Waals surface area contributed by atoms with Crippen LogP contribution in [0.4, 0.5) is 5.69 Å². The van der Waals surface area contributed by atoms with Crippen LogP contribution in [0, 0.1) is 0 Å². The zero-order valence-electron chi connectivity index (χ0n) is 13.7. The summed E-state index contributed by atoms with van der Waals surface area (Å²) >= 11 is 0. The molecule has 126 valence electrons. The number of rotatable bonds is 4. The van der Waals surface area contributed by atoms with E-state index in [9.17, 15) is 4.79 Å². The Kier molecular flexibility index (Phi) is 4.35. The van der Waals surface area contributed by atoms with E-state index in [1.54, 1.807) is 29.7 Å². The second kappa shape index (κ2) is 6.94. The smallest absolute Gasteiger partial charge is 0.279 e. The summed E-state index contributed by atoms with van der Waals surface area (Å²) in [7, 11) is 0. The molecule has 0 radical (unpaired) electrons. The minimum Gasteiger partial charge on any atom is -0.376 e. The molecule has 1 atom stereocenters. The molecule has 3 aromatic rings. The van der Waals surface area contributed by atoms with Crippen molar-refractivity contribution in [2.75, 3.05) is 18.1 Å². The largest absolute Gasteiger partial charge is 0.376 e. The summed E-state index contributed by atoms with van der Waals surface area (Å²) in [6, 6.07) is 9.29. The van der Waals surface area contributed by atoms with E-state index in [4.69, 9.17) is 4.74 Å². The van der Waals surface area contributed by atoms with E-state index in [1.165, 1.54) is 0 Å². The third-order valence-corrected chi connectivity index (χ3v) is 4.35. The lowest BCUT2D eigenvalue weighted by Crippen LogP contribution is -2.38. The summed E-state index contributed by atoms with van der Waals surface area (Å²) < 4.78 is 5.73. The zero-order valence-corrected chi connectivity index (χ0v) is 13.7. The Morgan fingerprint density at radius 3 is 2.80 bits per heavy atom. The number of anilines is 1. The maximum atomic E-state index is 13.3. The van der Waals surface area contributed by atoms with Crippen molar-refractivity contribution in [3.05, 3.63) is 60.8 Å². The van der Waals surface area contributed by atoms with Crippen LogP contribution in [0.1, 0.15) is 23.3 Å². The summed E-state index contributed by atoms with van der Waals surface area (Å²) in [6.07, 6.45) is 8.71. The van der Waals surface area contributed by atoms with Crippen LogP contribution in [0.5, 0.6) is 0 Å². The predicted molar refractivity (Wildman–Crippen MR) is 94.4 cm³/mol. The van der Waals surface area contributed by atoms with Gasteiger partial charge in [-0.1, -0.05) is 6.07 Å². The molecule has 25 heavy (non-hydrogen) atoms. The molecule has 6 nitrogen and oxygen atoms in total. The van der Waals surface area contributed by atoms with Gasteiger partial charge in [0.1, 0.15) is 5.52 Å². The van der Waals surface area contributed by atoms with Crippen LogP contribution in [0.3, 0.4) is 0 Å². The number of hydrogen-bond donors (Lipinski definition) is 0. The summed E-state index contributed by atoms with van der Waals surface area (Å²) in [4.78, 5) is 27.7. The second-order valence-electron chi connectivity index (χ2n) is 5.99. The van der Waals surface area contributed by atoms with E-state index in [-0.39, 0.29) is 12.0 Å². The number of aromatic nitrogens is 3. The molecule has 4 heterocycles. The van der Waals surface area contributed by atoms with Crippen molar-refractivity contribution < 1.29 is 9.53 Å². The van der Waals surface area contributed by atoms with Crippen molar-refractivity contribution in [3.8, 4) is 0 Å². The normalized spacial score (nSPS) is 16.9. The quantitative estimate of drug-likeness (QED) is 0.734. The van der Waals surface area contributed by atoms with Crippen LogP contribution in [-0.4, -0.2) is 40.1 Å². The number of amides is 1. The summed E-state index contributed by atoms with van der Waals surface area (Å²) in [5.74, 6) is -0.175. The molecule has 0 N–H and O–H groups in total. The summed E-state index contributed by atoms with van der Waals surface area (Å²) in [5.41, 5.74) is 1.75. The Labute approximate surface area is 145 Å². The minimum absolute atomic E-state index is 0.0417. The molecule has 0 aromatic carbocycles. The molecule has 1 fully saturated rings. The summed E-state index contributed by atoms with van der Waals surface area (Å²) in [5, 5.41) is 0.896. The fourth-order valence-electron chi connectivity index (χ4n) is 3.11. The molecule has 1 aliphatic heterocycles. The molecule has 1 amide bonds. The highest BCUT2D eigenvalue weighted by atomic mass is 16.5. The molecular weight excluding hydrogens is 316 g/mol. The first-order chi connectivity index (χ1) is 12.3. The van der Waals surface area contributed by atoms with Crippen molar-refractivity contribution >= 4 is 22.5 Å². The second-order valence-corrected chi connectivity index (χ2v) is 5.99. The van der Waals surface area contributed by atoms with Gasteiger partial charge in [-0.05, 0) is 37.1 Å². The Balaban J connectivity index is 1.73. The van der Waals surface area contributed by atoms with E-state index in [0.717, 1.165) is 30.5 Å². The first-order valence-electron chi connectivity index (χ1n) is 8.36. The average Bonchev–Trinajstić information content (AvgIpc) is 3.19. The monoisotopic (exact) mass is 334 g/mol. The van der Waals surface area contributed by atoms with Gasteiger partial charge < -0.3 is 9.64 Å². The van der Waals surface area contributed by atoms with Crippen LogP contribution in [0.25, 0.3) is 10.9 Å². The van der Waals surface area contributed by atoms with Gasteiger partial charge in [-0.15, -0.1) is 0 Å². The molecule has 3 aromatic heterocycles. The van der Waals surface area contributed by atoms with Crippen LogP contribution in [0.2, 0.25) is 0 Å². The molecule has 0 spiro atoms. The predicted octanol–water partition coefficient (Wildman–Crippen LogP) is 2.85. The third kappa shape index (κ3) is 3.21. The highest BCUT2D eigenvalue weighted by molar-refractivity contribution is 6.11. The number of carbonyl (C=O) groups is 1. The fraction of sp³-hybridized carbons (Fsp3) is 0.263. The molecule has 1 saturated heterocycles. The zero-order chi connectivity index (χ0) is 17.1. The molecule has 0 saturated carbocycles. The van der Waals surface area contributed by atoms with Gasteiger partial charge in [0.15, 0.2) is 5.69 Å². The van der Waals surface area contributed by atoms with E-state index in [1.807, 2.05) is 30.3 Å². The lowest BCUT2D eigenvalue weighted by atomic mass is 10.1. The van der Waals surface area contributed by atoms with Crippen LogP contribution in [-0.2, 0) is 4.74 Å². The number of carbonyl (C=O) groups excluding carboxylic acids is 1. The van der Waals surface area contributed by atoms with E-state index in [2.05, 4.69) is 15.0 Å². The number of fused-ring (bicyclic) bond motifs is 1. The molecular formula is C19H18N4O2. The lowest BCUT2D eigenvalue weighted by molar-refractivity contribution is 0.0914. The van der Waals surface area contributed by atoms with Gasteiger partial charge >= 0.3 is 0 Å². The molecule has 0 aliphatic carbocycles. The Morgan fingerprint density at radius 1 is 1.12 bits per heavy atom. The first kappa shape index (κ1) is 15.7. The third-order valence-electron chi connectivity index (χ3n) is 4.35. The van der Waals surface area contributed by atoms with Crippen molar-refractivity contribution in [2.24, 2.45) is 0 Å². The molecule has 0 unspecified atom stereocenters. The average molecular weight is 334 g/mol. The Morgan fingerprint density at radius 2 is 2.00 bits per heavy atom. The number of ether oxygens (including phenoxy) is 1. The van der Waals surface area contributed by atoms with E-state index < -0.39 is 0 Å². The maximum absolute atomic E-state index is 13.3. The highest BCUT2D eigenvalue weighted by Crippen LogP contribution is 2.22. The minimum atomic E-state index is -0.175. The van der Waals surface area contributed by atoms with E-state index in [0.29, 0.717) is 17.8 Å². The van der Waals surface area contributed by atoms with Gasteiger partial charge in [0, 0.05) is 42.5 Å². The Bertz CT molecular complexity index is 873. The van der Waals surface area contributed by atoms with Gasteiger partial charge in [-0.2, -0.15) is 0 Å². The van der Waals surface area contributed by atoms with Crippen LogP contribution in [0.15, 0.2) is 55.1 Å². The van der Waals surface area contributed by atoms with Gasteiger partial charge in [0.25, 0.3) is 5.91 Å². The van der Waals surface area contributed by atoms with E-state index >= 15 is 0 Å². The summed E-state index contributed by atoms with van der Waals surface area (Å²) in [6.45, 7) is 1.24. The standard InChI is InChI=1S/C19H18N4O2/c24-19(18-17-14(5-11-22-18)3-1-8-21-17)23(13-16-4-2-12-25-16)15-6-9-20-10-7-15/h1,3,5-11,16H,2,4,12-13H2/t16-/m1/s1. The lowest BCUT2D eigenvalue weighted by Gasteiger charge is -2.25. The first-order valence-corrected chi connectivity index (χ1v) is 8.36. The van der Waals surface area contributed by atoms with Gasteiger partial charge in [-0.3, -0.25) is 14.8 Å². The molecule has 6 heteroatoms. The van der Waals surface area contributed by atoms with Crippen LogP contribution < -0.4 is 4.90 Å². The van der Waals surface area contributed by atoms with Crippen molar-refractivity contribution in [1.29, 1.82) is 0 Å². The van der Waals surface area contributed by atoms with Crippen LogP contribution >= 0.6 is 0 Å². The number of hydrogen-bond acceptors (Lipinski definition) is 5. The topological polar surface area (TPSA) is 68.2 Å². The molecule has 0 bridgehead atoms. The Hall–Kier alpha value is -2.86. The maximum Gasteiger partial charge on any atom is 0.279 e. The van der Waals surface area contributed by atoms with Crippen molar-refractivity contribution in [2.45, 2.75) is 18.9 Å².